The summed E-state index contributed by atoms with van der Waals surface area (Å²) in [4.78, 5) is 4.44. The first-order chi connectivity index (χ1) is 13.2. The van der Waals surface area contributed by atoms with Crippen molar-refractivity contribution in [3.05, 3.63) is 89.1 Å². The van der Waals surface area contributed by atoms with Crippen LogP contribution in [0.25, 0.3) is 17.2 Å². The summed E-state index contributed by atoms with van der Waals surface area (Å²) >= 11 is 7.72. The van der Waals surface area contributed by atoms with Gasteiger partial charge in [-0.05, 0) is 48.9 Å². The monoisotopic (exact) mass is 392 g/mol. The fourth-order valence-electron chi connectivity index (χ4n) is 2.80. The van der Waals surface area contributed by atoms with Crippen LogP contribution < -0.4 is 0 Å². The minimum Gasteiger partial charge on any atom is -0.269 e. The number of pyridine rings is 1. The summed E-state index contributed by atoms with van der Waals surface area (Å²) in [5.74, 6) is 1.53. The number of aromatic nitrogens is 4. The Morgan fingerprint density at radius 3 is 2.56 bits per heavy atom. The van der Waals surface area contributed by atoms with Gasteiger partial charge < -0.3 is 0 Å². The van der Waals surface area contributed by atoms with Crippen LogP contribution in [0.5, 0.6) is 0 Å². The predicted octanol–water partition coefficient (Wildman–Crippen LogP) is 5.58. The van der Waals surface area contributed by atoms with Crippen molar-refractivity contribution >= 4 is 23.4 Å². The highest BCUT2D eigenvalue weighted by Gasteiger charge is 2.17. The number of hydrogen-bond donors (Lipinski definition) is 0. The second-order valence-corrected chi connectivity index (χ2v) is 7.49. The van der Waals surface area contributed by atoms with Gasteiger partial charge in [0, 0.05) is 22.7 Å². The van der Waals surface area contributed by atoms with Crippen molar-refractivity contribution in [2.24, 2.45) is 0 Å². The van der Waals surface area contributed by atoms with E-state index in [9.17, 15) is 0 Å². The fourth-order valence-corrected chi connectivity index (χ4v) is 3.82. The Morgan fingerprint density at radius 1 is 0.963 bits per heavy atom. The van der Waals surface area contributed by atoms with E-state index >= 15 is 0 Å². The summed E-state index contributed by atoms with van der Waals surface area (Å²) in [6.07, 6.45) is 1.76. The molecule has 0 saturated carbocycles. The standard InChI is InChI=1S/C21H17ClN4S/c1-15-5-4-6-16(13-15)14-27-21-25-24-20(19-7-2-3-12-23-19)26(21)18-10-8-17(22)9-11-18/h2-13H,14H2,1H3. The highest BCUT2D eigenvalue weighted by Crippen LogP contribution is 2.29. The van der Waals surface area contributed by atoms with Crippen LogP contribution in [0.3, 0.4) is 0 Å². The van der Waals surface area contributed by atoms with Crippen molar-refractivity contribution in [2.45, 2.75) is 17.8 Å². The molecular weight excluding hydrogens is 376 g/mol. The third-order valence-electron chi connectivity index (χ3n) is 4.06. The molecule has 0 aliphatic carbocycles. The van der Waals surface area contributed by atoms with E-state index in [0.717, 1.165) is 22.3 Å². The van der Waals surface area contributed by atoms with E-state index in [0.29, 0.717) is 10.8 Å². The average molecular weight is 393 g/mol. The van der Waals surface area contributed by atoms with E-state index in [2.05, 4.69) is 46.4 Å². The summed E-state index contributed by atoms with van der Waals surface area (Å²) in [7, 11) is 0. The van der Waals surface area contributed by atoms with Crippen LogP contribution in [0.1, 0.15) is 11.1 Å². The van der Waals surface area contributed by atoms with Gasteiger partial charge in [0.05, 0.1) is 0 Å². The normalized spacial score (nSPS) is 10.9. The molecule has 4 aromatic rings. The summed E-state index contributed by atoms with van der Waals surface area (Å²) < 4.78 is 2.03. The highest BCUT2D eigenvalue weighted by atomic mass is 35.5. The summed E-state index contributed by atoms with van der Waals surface area (Å²) in [5, 5.41) is 10.4. The smallest absolute Gasteiger partial charge is 0.196 e. The van der Waals surface area contributed by atoms with Gasteiger partial charge in [-0.25, -0.2) is 0 Å². The van der Waals surface area contributed by atoms with E-state index in [4.69, 9.17) is 11.6 Å². The number of hydrogen-bond acceptors (Lipinski definition) is 4. The van der Waals surface area contributed by atoms with Crippen LogP contribution in [0.2, 0.25) is 5.02 Å². The van der Waals surface area contributed by atoms with Gasteiger partial charge in [0.15, 0.2) is 11.0 Å². The lowest BCUT2D eigenvalue weighted by molar-refractivity contribution is 0.885. The zero-order valence-corrected chi connectivity index (χ0v) is 16.3. The lowest BCUT2D eigenvalue weighted by atomic mass is 10.2. The zero-order valence-electron chi connectivity index (χ0n) is 14.7. The quantitative estimate of drug-likeness (QED) is 0.415. The highest BCUT2D eigenvalue weighted by molar-refractivity contribution is 7.98. The lowest BCUT2D eigenvalue weighted by Gasteiger charge is -2.10. The van der Waals surface area contributed by atoms with Crippen molar-refractivity contribution in [2.75, 3.05) is 0 Å². The maximum absolute atomic E-state index is 6.07. The Balaban J connectivity index is 1.73. The maximum atomic E-state index is 6.07. The molecular formula is C21H17ClN4S. The Labute approximate surface area is 167 Å². The second kappa shape index (κ2) is 7.94. The molecule has 0 aliphatic rings. The zero-order chi connectivity index (χ0) is 18.6. The van der Waals surface area contributed by atoms with Crippen LogP contribution in [0.4, 0.5) is 0 Å². The van der Waals surface area contributed by atoms with Crippen molar-refractivity contribution < 1.29 is 0 Å². The maximum Gasteiger partial charge on any atom is 0.196 e. The van der Waals surface area contributed by atoms with Crippen LogP contribution in [0, 0.1) is 6.92 Å². The third-order valence-corrected chi connectivity index (χ3v) is 5.31. The van der Waals surface area contributed by atoms with Crippen molar-refractivity contribution in [3.63, 3.8) is 0 Å². The van der Waals surface area contributed by atoms with E-state index in [1.165, 1.54) is 11.1 Å². The van der Waals surface area contributed by atoms with E-state index in [1.54, 1.807) is 18.0 Å². The topological polar surface area (TPSA) is 43.6 Å². The average Bonchev–Trinajstić information content (AvgIpc) is 3.12. The van der Waals surface area contributed by atoms with Gasteiger partial charge in [-0.2, -0.15) is 0 Å². The van der Waals surface area contributed by atoms with Gasteiger partial charge in [0.1, 0.15) is 5.69 Å². The molecule has 0 fully saturated rings. The summed E-state index contributed by atoms with van der Waals surface area (Å²) in [5.41, 5.74) is 4.24. The van der Waals surface area contributed by atoms with Crippen LogP contribution >= 0.6 is 23.4 Å². The van der Waals surface area contributed by atoms with Gasteiger partial charge in [-0.3, -0.25) is 9.55 Å². The second-order valence-electron chi connectivity index (χ2n) is 6.11. The Hall–Kier alpha value is -2.63. The number of benzene rings is 2. The van der Waals surface area contributed by atoms with Gasteiger partial charge >= 0.3 is 0 Å². The van der Waals surface area contributed by atoms with Crippen molar-refractivity contribution in [3.8, 4) is 17.2 Å². The Morgan fingerprint density at radius 2 is 1.81 bits per heavy atom. The molecule has 2 aromatic carbocycles. The Kier molecular flexibility index (Phi) is 5.23. The molecule has 0 radical (unpaired) electrons. The number of nitrogens with zero attached hydrogens (tertiary/aromatic N) is 4. The molecule has 0 amide bonds. The van der Waals surface area contributed by atoms with E-state index in [-0.39, 0.29) is 0 Å². The van der Waals surface area contributed by atoms with Gasteiger partial charge in [-0.15, -0.1) is 10.2 Å². The molecule has 0 N–H and O–H groups in total. The van der Waals surface area contributed by atoms with Gasteiger partial charge in [0.25, 0.3) is 0 Å². The van der Waals surface area contributed by atoms with Crippen molar-refractivity contribution in [1.29, 1.82) is 0 Å². The summed E-state index contributed by atoms with van der Waals surface area (Å²) in [6.45, 7) is 2.10. The molecule has 0 unspecified atom stereocenters. The first kappa shape index (κ1) is 17.8. The number of rotatable bonds is 5. The largest absolute Gasteiger partial charge is 0.269 e. The molecule has 134 valence electrons. The predicted molar refractivity (Wildman–Crippen MR) is 110 cm³/mol. The fraction of sp³-hybridized carbons (Fsp3) is 0.0952. The van der Waals surface area contributed by atoms with E-state index < -0.39 is 0 Å². The Bertz CT molecular complexity index is 1050. The molecule has 0 bridgehead atoms. The minimum absolute atomic E-state index is 0.695. The number of halogens is 1. The number of aryl methyl sites for hydroxylation is 1. The van der Waals surface area contributed by atoms with Crippen LogP contribution in [-0.2, 0) is 5.75 Å². The molecule has 0 atom stereocenters. The molecule has 0 spiro atoms. The first-order valence-corrected chi connectivity index (χ1v) is 9.88. The molecule has 0 aliphatic heterocycles. The molecule has 0 saturated heterocycles. The van der Waals surface area contributed by atoms with Crippen LogP contribution in [0.15, 0.2) is 78.1 Å². The van der Waals surface area contributed by atoms with Crippen LogP contribution in [-0.4, -0.2) is 19.7 Å². The molecule has 4 nitrogen and oxygen atoms in total. The minimum atomic E-state index is 0.695. The lowest BCUT2D eigenvalue weighted by Crippen LogP contribution is -2.00. The van der Waals surface area contributed by atoms with E-state index in [1.807, 2.05) is 47.0 Å². The molecule has 4 rings (SSSR count). The molecule has 27 heavy (non-hydrogen) atoms. The van der Waals surface area contributed by atoms with Crippen molar-refractivity contribution in [1.82, 2.24) is 19.7 Å². The van der Waals surface area contributed by atoms with Gasteiger partial charge in [0.2, 0.25) is 0 Å². The molecule has 2 aromatic heterocycles. The van der Waals surface area contributed by atoms with Gasteiger partial charge in [-0.1, -0.05) is 59.3 Å². The molecule has 2 heterocycles. The SMILES string of the molecule is Cc1cccc(CSc2nnc(-c3ccccn3)n2-c2ccc(Cl)cc2)c1. The third kappa shape index (κ3) is 4.04. The summed E-state index contributed by atoms with van der Waals surface area (Å²) in [6, 6.07) is 21.9. The molecule has 6 heteroatoms. The number of thioether (sulfide) groups is 1. The first-order valence-electron chi connectivity index (χ1n) is 8.52.